The largest absolute Gasteiger partial charge is 0.475 e. The lowest BCUT2D eigenvalue weighted by atomic mass is 10.1. The molecular formula is C11H20N2O. The lowest BCUT2D eigenvalue weighted by Crippen LogP contribution is -2.32. The maximum atomic E-state index is 5.84. The maximum absolute atomic E-state index is 5.84. The lowest BCUT2D eigenvalue weighted by Gasteiger charge is -2.16. The van der Waals surface area contributed by atoms with Gasteiger partial charge in [0.05, 0.1) is 12.6 Å². The predicted octanol–water partition coefficient (Wildman–Crippen LogP) is 1.58. The molecule has 2 aliphatic heterocycles. The van der Waals surface area contributed by atoms with Gasteiger partial charge in [-0.3, -0.25) is 4.99 Å². The minimum atomic E-state index is 0.340. The molecule has 2 rings (SSSR count). The molecule has 2 atom stereocenters. The van der Waals surface area contributed by atoms with Gasteiger partial charge in [0.25, 0.3) is 0 Å². The Bertz CT molecular complexity index is 219. The van der Waals surface area contributed by atoms with Crippen molar-refractivity contribution in [3.05, 3.63) is 0 Å². The van der Waals surface area contributed by atoms with Crippen molar-refractivity contribution in [3.63, 3.8) is 0 Å². The van der Waals surface area contributed by atoms with Crippen molar-refractivity contribution in [2.45, 2.75) is 45.3 Å². The summed E-state index contributed by atoms with van der Waals surface area (Å²) in [5, 5.41) is 3.42. The van der Waals surface area contributed by atoms with Crippen molar-refractivity contribution in [1.29, 1.82) is 0 Å². The highest BCUT2D eigenvalue weighted by molar-refractivity contribution is 5.83. The van der Waals surface area contributed by atoms with Crippen LogP contribution in [0.2, 0.25) is 0 Å². The molecule has 0 aromatic carbocycles. The van der Waals surface area contributed by atoms with Crippen molar-refractivity contribution >= 4 is 5.90 Å². The average Bonchev–Trinajstić information content (AvgIpc) is 2.69. The third-order valence-electron chi connectivity index (χ3n) is 2.83. The van der Waals surface area contributed by atoms with E-state index in [1.165, 1.54) is 12.8 Å². The summed E-state index contributed by atoms with van der Waals surface area (Å²) in [7, 11) is 0. The summed E-state index contributed by atoms with van der Waals surface area (Å²) in [5.74, 6) is 1.67. The van der Waals surface area contributed by atoms with Crippen LogP contribution >= 0.6 is 0 Å². The minimum Gasteiger partial charge on any atom is -0.475 e. The average molecular weight is 196 g/mol. The fraction of sp³-hybridized carbons (Fsp3) is 0.909. The van der Waals surface area contributed by atoms with Crippen LogP contribution in [-0.2, 0) is 4.74 Å². The summed E-state index contributed by atoms with van der Waals surface area (Å²) < 4.78 is 5.84. The second-order valence-electron chi connectivity index (χ2n) is 4.70. The molecular weight excluding hydrogens is 176 g/mol. The molecule has 0 bridgehead atoms. The van der Waals surface area contributed by atoms with Crippen LogP contribution in [0.5, 0.6) is 0 Å². The van der Waals surface area contributed by atoms with Crippen LogP contribution in [0.3, 0.4) is 0 Å². The SMILES string of the molecule is CC(C)CC1CN=C(C2CCCN2)O1. The monoisotopic (exact) mass is 196 g/mol. The molecule has 1 fully saturated rings. The predicted molar refractivity (Wildman–Crippen MR) is 57.7 cm³/mol. The van der Waals surface area contributed by atoms with E-state index in [0.29, 0.717) is 18.1 Å². The minimum absolute atomic E-state index is 0.340. The van der Waals surface area contributed by atoms with E-state index in [2.05, 4.69) is 24.2 Å². The van der Waals surface area contributed by atoms with Gasteiger partial charge in [-0.15, -0.1) is 0 Å². The Morgan fingerprint density at radius 2 is 2.43 bits per heavy atom. The first kappa shape index (κ1) is 9.97. The molecule has 3 heteroatoms. The van der Waals surface area contributed by atoms with Gasteiger partial charge in [0, 0.05) is 0 Å². The molecule has 1 N–H and O–H groups in total. The first-order chi connectivity index (χ1) is 6.75. The number of hydrogen-bond donors (Lipinski definition) is 1. The zero-order valence-corrected chi connectivity index (χ0v) is 9.12. The molecule has 3 nitrogen and oxygen atoms in total. The second-order valence-corrected chi connectivity index (χ2v) is 4.70. The van der Waals surface area contributed by atoms with Crippen LogP contribution in [-0.4, -0.2) is 31.1 Å². The Morgan fingerprint density at radius 3 is 3.07 bits per heavy atom. The van der Waals surface area contributed by atoms with E-state index in [1.54, 1.807) is 0 Å². The van der Waals surface area contributed by atoms with Gasteiger partial charge in [-0.25, -0.2) is 0 Å². The highest BCUT2D eigenvalue weighted by Crippen LogP contribution is 2.18. The van der Waals surface area contributed by atoms with Crippen molar-refractivity contribution in [2.75, 3.05) is 13.1 Å². The van der Waals surface area contributed by atoms with Crippen LogP contribution in [0.25, 0.3) is 0 Å². The van der Waals surface area contributed by atoms with Crippen molar-refractivity contribution in [1.82, 2.24) is 5.32 Å². The number of nitrogens with one attached hydrogen (secondary N) is 1. The summed E-state index contributed by atoms with van der Waals surface area (Å²) in [6.45, 7) is 6.44. The van der Waals surface area contributed by atoms with Gasteiger partial charge in [0.15, 0.2) is 0 Å². The van der Waals surface area contributed by atoms with Gasteiger partial charge < -0.3 is 10.1 Å². The molecule has 2 heterocycles. The molecule has 0 saturated carbocycles. The Hall–Kier alpha value is -0.570. The summed E-state index contributed by atoms with van der Waals surface area (Å²) >= 11 is 0. The van der Waals surface area contributed by atoms with Gasteiger partial charge in [-0.1, -0.05) is 13.8 Å². The molecule has 80 valence electrons. The van der Waals surface area contributed by atoms with Gasteiger partial charge in [0.1, 0.15) is 6.10 Å². The summed E-state index contributed by atoms with van der Waals surface area (Å²) in [6.07, 6.45) is 3.90. The van der Waals surface area contributed by atoms with Crippen LogP contribution in [0.1, 0.15) is 33.1 Å². The molecule has 1 saturated heterocycles. The Morgan fingerprint density at radius 1 is 1.57 bits per heavy atom. The van der Waals surface area contributed by atoms with Crippen molar-refractivity contribution in [3.8, 4) is 0 Å². The number of nitrogens with zero attached hydrogens (tertiary/aromatic N) is 1. The van der Waals surface area contributed by atoms with Crippen LogP contribution in [0.15, 0.2) is 4.99 Å². The number of rotatable bonds is 3. The topological polar surface area (TPSA) is 33.6 Å². The number of hydrogen-bond acceptors (Lipinski definition) is 3. The lowest BCUT2D eigenvalue weighted by molar-refractivity contribution is 0.186. The zero-order chi connectivity index (χ0) is 9.97. The van der Waals surface area contributed by atoms with E-state index in [4.69, 9.17) is 4.74 Å². The van der Waals surface area contributed by atoms with E-state index >= 15 is 0 Å². The Kier molecular flexibility index (Phi) is 3.06. The molecule has 2 aliphatic rings. The third-order valence-corrected chi connectivity index (χ3v) is 2.83. The Balaban J connectivity index is 1.80. The summed E-state index contributed by atoms with van der Waals surface area (Å²) in [5.41, 5.74) is 0. The van der Waals surface area contributed by atoms with Crippen LogP contribution < -0.4 is 5.32 Å². The van der Waals surface area contributed by atoms with E-state index in [-0.39, 0.29) is 0 Å². The molecule has 0 amide bonds. The normalized spacial score (nSPS) is 32.1. The van der Waals surface area contributed by atoms with Gasteiger partial charge >= 0.3 is 0 Å². The molecule has 0 radical (unpaired) electrons. The molecule has 14 heavy (non-hydrogen) atoms. The molecule has 0 aromatic heterocycles. The number of ether oxygens (including phenoxy) is 1. The highest BCUT2D eigenvalue weighted by atomic mass is 16.5. The van der Waals surface area contributed by atoms with E-state index in [9.17, 15) is 0 Å². The fourth-order valence-electron chi connectivity index (χ4n) is 2.17. The first-order valence-corrected chi connectivity index (χ1v) is 5.70. The fourth-order valence-corrected chi connectivity index (χ4v) is 2.17. The molecule has 0 aromatic rings. The smallest absolute Gasteiger partial charge is 0.201 e. The molecule has 0 aliphatic carbocycles. The van der Waals surface area contributed by atoms with E-state index in [0.717, 1.165) is 25.4 Å². The van der Waals surface area contributed by atoms with E-state index in [1.807, 2.05) is 0 Å². The Labute approximate surface area is 85.9 Å². The zero-order valence-electron chi connectivity index (χ0n) is 9.12. The second kappa shape index (κ2) is 4.30. The number of aliphatic imine (C=N–C) groups is 1. The molecule has 0 spiro atoms. The van der Waals surface area contributed by atoms with Crippen LogP contribution in [0.4, 0.5) is 0 Å². The third kappa shape index (κ3) is 2.27. The van der Waals surface area contributed by atoms with E-state index < -0.39 is 0 Å². The van der Waals surface area contributed by atoms with Gasteiger partial charge in [-0.05, 0) is 31.7 Å². The molecule has 2 unspecified atom stereocenters. The van der Waals surface area contributed by atoms with Crippen LogP contribution in [0, 0.1) is 5.92 Å². The van der Waals surface area contributed by atoms with Crippen molar-refractivity contribution in [2.24, 2.45) is 10.9 Å². The van der Waals surface area contributed by atoms with Crippen molar-refractivity contribution < 1.29 is 4.74 Å². The standard InChI is InChI=1S/C11H20N2O/c1-8(2)6-9-7-13-11(14-9)10-4-3-5-12-10/h8-10,12H,3-7H2,1-2H3. The maximum Gasteiger partial charge on any atom is 0.201 e. The quantitative estimate of drug-likeness (QED) is 0.743. The van der Waals surface area contributed by atoms with Gasteiger partial charge in [0.2, 0.25) is 5.90 Å². The summed E-state index contributed by atoms with van der Waals surface area (Å²) in [6, 6.07) is 0.409. The summed E-state index contributed by atoms with van der Waals surface area (Å²) in [4.78, 5) is 4.48. The first-order valence-electron chi connectivity index (χ1n) is 5.70. The highest BCUT2D eigenvalue weighted by Gasteiger charge is 2.28. The van der Waals surface area contributed by atoms with Gasteiger partial charge in [-0.2, -0.15) is 0 Å².